The fourth-order valence-corrected chi connectivity index (χ4v) is 5.08. The molecule has 7 nitrogen and oxygen atoms in total. The number of amides is 1. The third-order valence-electron chi connectivity index (χ3n) is 6.75. The fraction of sp³-hybridized carbons (Fsp3) is 0.192. The maximum atomic E-state index is 14.0. The molecule has 0 aliphatic heterocycles. The van der Waals surface area contributed by atoms with Gasteiger partial charge >= 0.3 is 6.18 Å². The SMILES string of the molecule is Cn1cc(N(C(=O)c2ccc3nc(N)c4cccn4c3c2)C2CCc3cc(C(F)(F)F)ccc32)cn1. The number of carbonyl (C=O) groups is 1. The zero-order valence-corrected chi connectivity index (χ0v) is 19.2. The van der Waals surface area contributed by atoms with Crippen molar-refractivity contribution >= 4 is 34.0 Å². The van der Waals surface area contributed by atoms with Crippen LogP contribution in [0.25, 0.3) is 16.6 Å². The van der Waals surface area contributed by atoms with Gasteiger partial charge in [0.1, 0.15) is 5.82 Å². The number of nitrogens with two attached hydrogens (primary N) is 1. The molecule has 182 valence electrons. The van der Waals surface area contributed by atoms with Crippen LogP contribution in [0.4, 0.5) is 24.7 Å². The summed E-state index contributed by atoms with van der Waals surface area (Å²) in [6.07, 6.45) is 1.71. The molecular weight excluding hydrogens is 469 g/mol. The summed E-state index contributed by atoms with van der Waals surface area (Å²) >= 11 is 0. The number of halogens is 3. The number of alkyl halides is 3. The molecule has 1 aliphatic carbocycles. The first-order valence-corrected chi connectivity index (χ1v) is 11.4. The van der Waals surface area contributed by atoms with Crippen molar-refractivity contribution in [3.8, 4) is 0 Å². The van der Waals surface area contributed by atoms with E-state index in [4.69, 9.17) is 5.73 Å². The van der Waals surface area contributed by atoms with Crippen LogP contribution in [0, 0.1) is 0 Å². The second-order valence-electron chi connectivity index (χ2n) is 8.98. The molecule has 10 heteroatoms. The summed E-state index contributed by atoms with van der Waals surface area (Å²) in [5.74, 6) is 0.115. The second-order valence-corrected chi connectivity index (χ2v) is 8.98. The van der Waals surface area contributed by atoms with Crippen molar-refractivity contribution in [2.24, 2.45) is 7.05 Å². The summed E-state index contributed by atoms with van der Waals surface area (Å²) in [6.45, 7) is 0. The summed E-state index contributed by atoms with van der Waals surface area (Å²) in [4.78, 5) is 20.1. The molecule has 0 bridgehead atoms. The van der Waals surface area contributed by atoms with Crippen molar-refractivity contribution in [2.45, 2.75) is 25.1 Å². The van der Waals surface area contributed by atoms with E-state index in [1.807, 2.05) is 22.7 Å². The molecule has 5 aromatic rings. The molecule has 6 rings (SSSR count). The number of anilines is 2. The van der Waals surface area contributed by atoms with Gasteiger partial charge in [0.15, 0.2) is 0 Å². The number of nitrogen functional groups attached to an aromatic ring is 1. The minimum atomic E-state index is -4.42. The molecule has 2 N–H and O–H groups in total. The lowest BCUT2D eigenvalue weighted by molar-refractivity contribution is -0.137. The Kier molecular flexibility index (Phi) is 4.82. The Labute approximate surface area is 203 Å². The van der Waals surface area contributed by atoms with Crippen molar-refractivity contribution in [3.05, 3.63) is 89.4 Å². The largest absolute Gasteiger partial charge is 0.416 e. The van der Waals surface area contributed by atoms with Crippen molar-refractivity contribution in [3.63, 3.8) is 0 Å². The molecule has 2 aromatic carbocycles. The van der Waals surface area contributed by atoms with Crippen molar-refractivity contribution in [1.82, 2.24) is 19.2 Å². The number of nitrogens with zero attached hydrogens (tertiary/aromatic N) is 5. The minimum absolute atomic E-state index is 0.278. The lowest BCUT2D eigenvalue weighted by Gasteiger charge is -2.29. The predicted octanol–water partition coefficient (Wildman–Crippen LogP) is 5.16. The smallest absolute Gasteiger partial charge is 0.382 e. The first-order chi connectivity index (χ1) is 17.2. The molecule has 0 fully saturated rings. The van der Waals surface area contributed by atoms with Crippen molar-refractivity contribution < 1.29 is 18.0 Å². The molecule has 0 spiro atoms. The van der Waals surface area contributed by atoms with Crippen molar-refractivity contribution in [2.75, 3.05) is 10.6 Å². The standard InChI is InChI=1S/C26H21F3N6O/c1-33-14-18(13-31-33)35(21-9-5-15-11-17(26(27,28)29)6-7-19(15)21)25(36)16-4-8-20-23(12-16)34-10-2-3-22(34)24(30)32-20/h2-4,6-8,10-14,21H,5,9H2,1H3,(H2,30,32). The summed E-state index contributed by atoms with van der Waals surface area (Å²) in [7, 11) is 1.75. The van der Waals surface area contributed by atoms with Gasteiger partial charge < -0.3 is 10.1 Å². The Morgan fingerprint density at radius 2 is 1.97 bits per heavy atom. The third-order valence-corrected chi connectivity index (χ3v) is 6.75. The maximum Gasteiger partial charge on any atom is 0.416 e. The fourth-order valence-electron chi connectivity index (χ4n) is 5.08. The van der Waals surface area contributed by atoms with E-state index in [0.717, 1.165) is 17.1 Å². The number of hydrogen-bond donors (Lipinski definition) is 1. The summed E-state index contributed by atoms with van der Waals surface area (Å²) in [5.41, 5.74) is 9.80. The van der Waals surface area contributed by atoms with Gasteiger partial charge in [-0.2, -0.15) is 18.3 Å². The maximum absolute atomic E-state index is 14.0. The van der Waals surface area contributed by atoms with Gasteiger partial charge in [0.25, 0.3) is 5.91 Å². The van der Waals surface area contributed by atoms with E-state index in [1.165, 1.54) is 12.1 Å². The highest BCUT2D eigenvalue weighted by molar-refractivity contribution is 6.08. The zero-order chi connectivity index (χ0) is 25.2. The van der Waals surface area contributed by atoms with E-state index in [9.17, 15) is 18.0 Å². The highest BCUT2D eigenvalue weighted by Crippen LogP contribution is 2.41. The first kappa shape index (κ1) is 22.1. The molecule has 1 unspecified atom stereocenters. The van der Waals surface area contributed by atoms with Crippen LogP contribution < -0.4 is 10.6 Å². The topological polar surface area (TPSA) is 81.5 Å². The van der Waals surface area contributed by atoms with Crippen LogP contribution in [0.1, 0.15) is 39.5 Å². The molecule has 0 saturated carbocycles. The Balaban J connectivity index is 1.46. The Hall–Kier alpha value is -4.34. The monoisotopic (exact) mass is 490 g/mol. The number of aromatic nitrogens is 4. The lowest BCUT2D eigenvalue weighted by Crippen LogP contribution is -2.34. The molecule has 3 aromatic heterocycles. The average Bonchev–Trinajstić information content (AvgIpc) is 3.59. The summed E-state index contributed by atoms with van der Waals surface area (Å²) in [5, 5.41) is 4.23. The van der Waals surface area contributed by atoms with Crippen LogP contribution in [0.5, 0.6) is 0 Å². The van der Waals surface area contributed by atoms with E-state index in [0.29, 0.717) is 46.6 Å². The van der Waals surface area contributed by atoms with Gasteiger partial charge in [-0.05, 0) is 66.4 Å². The van der Waals surface area contributed by atoms with Crippen molar-refractivity contribution in [1.29, 1.82) is 0 Å². The molecule has 0 saturated heterocycles. The minimum Gasteiger partial charge on any atom is -0.382 e. The first-order valence-electron chi connectivity index (χ1n) is 11.4. The molecule has 36 heavy (non-hydrogen) atoms. The van der Waals surface area contributed by atoms with Gasteiger partial charge in [-0.1, -0.05) is 6.07 Å². The van der Waals surface area contributed by atoms with Crippen LogP contribution >= 0.6 is 0 Å². The molecule has 3 heterocycles. The summed E-state index contributed by atoms with van der Waals surface area (Å²) in [6, 6.07) is 12.2. The highest BCUT2D eigenvalue weighted by Gasteiger charge is 2.36. The van der Waals surface area contributed by atoms with E-state index >= 15 is 0 Å². The Morgan fingerprint density at radius 1 is 1.14 bits per heavy atom. The number of rotatable bonds is 3. The van der Waals surface area contributed by atoms with E-state index in [2.05, 4.69) is 10.1 Å². The molecule has 0 radical (unpaired) electrons. The van der Waals surface area contributed by atoms with Gasteiger partial charge in [-0.3, -0.25) is 14.4 Å². The number of aryl methyl sites for hydroxylation is 2. The lowest BCUT2D eigenvalue weighted by atomic mass is 10.0. The van der Waals surface area contributed by atoms with Crippen LogP contribution in [0.2, 0.25) is 0 Å². The number of hydrogen-bond acceptors (Lipinski definition) is 4. The van der Waals surface area contributed by atoms with Crippen LogP contribution in [-0.4, -0.2) is 25.1 Å². The molecular formula is C26H21F3N6O. The number of fused-ring (bicyclic) bond motifs is 4. The average molecular weight is 490 g/mol. The third kappa shape index (κ3) is 3.48. The molecule has 1 atom stereocenters. The van der Waals surface area contributed by atoms with Crippen LogP contribution in [0.3, 0.4) is 0 Å². The van der Waals surface area contributed by atoms with E-state index in [-0.39, 0.29) is 5.91 Å². The molecule has 1 amide bonds. The molecule has 1 aliphatic rings. The second kappa shape index (κ2) is 7.84. The van der Waals surface area contributed by atoms with Gasteiger partial charge in [-0.15, -0.1) is 0 Å². The van der Waals surface area contributed by atoms with Crippen LogP contribution in [-0.2, 0) is 19.6 Å². The predicted molar refractivity (Wildman–Crippen MR) is 130 cm³/mol. The van der Waals surface area contributed by atoms with Gasteiger partial charge in [0.05, 0.1) is 40.0 Å². The summed E-state index contributed by atoms with van der Waals surface area (Å²) < 4.78 is 43.3. The van der Waals surface area contributed by atoms with Gasteiger partial charge in [-0.25, -0.2) is 4.98 Å². The highest BCUT2D eigenvalue weighted by atomic mass is 19.4. The number of carbonyl (C=O) groups excluding carboxylic acids is 1. The van der Waals surface area contributed by atoms with Gasteiger partial charge in [0.2, 0.25) is 0 Å². The Bertz CT molecular complexity index is 1650. The number of benzene rings is 2. The quantitative estimate of drug-likeness (QED) is 0.379. The van der Waals surface area contributed by atoms with E-state index in [1.54, 1.807) is 47.2 Å². The van der Waals surface area contributed by atoms with Gasteiger partial charge in [0, 0.05) is 25.0 Å². The van der Waals surface area contributed by atoms with Crippen LogP contribution in [0.15, 0.2) is 67.1 Å². The normalized spacial score (nSPS) is 15.5. The zero-order valence-electron chi connectivity index (χ0n) is 19.2. The van der Waals surface area contributed by atoms with E-state index < -0.39 is 17.8 Å². The Morgan fingerprint density at radius 3 is 2.72 bits per heavy atom.